The lowest BCUT2D eigenvalue weighted by molar-refractivity contribution is 0.102. The summed E-state index contributed by atoms with van der Waals surface area (Å²) in [6.45, 7) is 2.29. The van der Waals surface area contributed by atoms with E-state index >= 15 is 0 Å². The number of hydrogen-bond acceptors (Lipinski definition) is 4. The predicted octanol–water partition coefficient (Wildman–Crippen LogP) is 4.46. The van der Waals surface area contributed by atoms with Crippen molar-refractivity contribution in [2.24, 2.45) is 5.92 Å². The Bertz CT molecular complexity index is 716. The van der Waals surface area contributed by atoms with E-state index in [-0.39, 0.29) is 5.91 Å². The lowest BCUT2D eigenvalue weighted by Gasteiger charge is -2.15. The molecule has 1 N–H and O–H groups in total. The van der Waals surface area contributed by atoms with E-state index in [2.05, 4.69) is 17.2 Å². The average Bonchev–Trinajstić information content (AvgIpc) is 3.09. The molecule has 1 atom stereocenters. The molecule has 0 aromatic carbocycles. The zero-order valence-corrected chi connectivity index (χ0v) is 14.4. The van der Waals surface area contributed by atoms with Crippen LogP contribution in [0.3, 0.4) is 0 Å². The molecule has 2 heterocycles. The number of fused-ring (bicyclic) bond motifs is 2. The molecule has 0 saturated heterocycles. The van der Waals surface area contributed by atoms with E-state index in [9.17, 15) is 4.79 Å². The molecule has 0 spiro atoms. The van der Waals surface area contributed by atoms with Crippen molar-refractivity contribution in [3.63, 3.8) is 0 Å². The van der Waals surface area contributed by atoms with Crippen molar-refractivity contribution in [3.8, 4) is 0 Å². The molecule has 4 rings (SSSR count). The van der Waals surface area contributed by atoms with E-state index in [0.717, 1.165) is 42.3 Å². The fraction of sp³-hybridized carbons (Fsp3) is 0.529. The number of thiazole rings is 1. The minimum atomic E-state index is 0.0264. The number of thiophene rings is 1. The van der Waals surface area contributed by atoms with Gasteiger partial charge in [-0.1, -0.05) is 6.92 Å². The maximum atomic E-state index is 12.6. The van der Waals surface area contributed by atoms with Gasteiger partial charge in [0, 0.05) is 15.1 Å². The number of nitrogens with one attached hydrogen (secondary N) is 1. The third kappa shape index (κ3) is 2.61. The topological polar surface area (TPSA) is 42.0 Å². The highest BCUT2D eigenvalue weighted by Gasteiger charge is 2.23. The largest absolute Gasteiger partial charge is 0.298 e. The van der Waals surface area contributed by atoms with Crippen LogP contribution in [0.5, 0.6) is 0 Å². The minimum Gasteiger partial charge on any atom is -0.298 e. The molecular weight excluding hydrogens is 312 g/mol. The van der Waals surface area contributed by atoms with E-state index in [1.807, 2.05) is 5.38 Å². The lowest BCUT2D eigenvalue weighted by atomic mass is 9.93. The number of aromatic nitrogens is 1. The highest BCUT2D eigenvalue weighted by molar-refractivity contribution is 7.16. The van der Waals surface area contributed by atoms with Crippen molar-refractivity contribution in [1.82, 2.24) is 4.98 Å². The molecule has 1 amide bonds. The third-order valence-corrected chi connectivity index (χ3v) is 6.84. The molecular formula is C17H20N2OS2. The van der Waals surface area contributed by atoms with Crippen molar-refractivity contribution < 1.29 is 4.79 Å². The van der Waals surface area contributed by atoms with Gasteiger partial charge in [-0.25, -0.2) is 4.98 Å². The molecule has 2 aliphatic rings. The van der Waals surface area contributed by atoms with Crippen LogP contribution in [-0.4, -0.2) is 10.9 Å². The molecule has 2 aliphatic carbocycles. The standard InChI is InChI=1S/C17H20N2OS2/c1-10-6-7-13-15(8-10)22-17(18-13)19-16(20)12-9-21-14-5-3-2-4-11(12)14/h9-10H,2-8H2,1H3,(H,18,19,20). The Labute approximate surface area is 138 Å². The van der Waals surface area contributed by atoms with Crippen LogP contribution in [0, 0.1) is 5.92 Å². The van der Waals surface area contributed by atoms with Gasteiger partial charge in [0.05, 0.1) is 11.3 Å². The average molecular weight is 332 g/mol. The van der Waals surface area contributed by atoms with E-state index in [0.29, 0.717) is 0 Å². The molecule has 0 aliphatic heterocycles. The van der Waals surface area contributed by atoms with Crippen molar-refractivity contribution >= 4 is 33.7 Å². The van der Waals surface area contributed by atoms with E-state index in [1.54, 1.807) is 22.7 Å². The maximum absolute atomic E-state index is 12.6. The van der Waals surface area contributed by atoms with Crippen LogP contribution in [0.15, 0.2) is 5.38 Å². The Morgan fingerprint density at radius 3 is 3.05 bits per heavy atom. The van der Waals surface area contributed by atoms with Gasteiger partial charge in [0.1, 0.15) is 0 Å². The Kier molecular flexibility index (Phi) is 3.78. The number of nitrogens with zero attached hydrogens (tertiary/aromatic N) is 1. The summed E-state index contributed by atoms with van der Waals surface area (Å²) in [6, 6.07) is 0. The third-order valence-electron chi connectivity index (χ3n) is 4.71. The van der Waals surface area contributed by atoms with Crippen molar-refractivity contribution in [2.75, 3.05) is 5.32 Å². The highest BCUT2D eigenvalue weighted by Crippen LogP contribution is 2.34. The smallest absolute Gasteiger partial charge is 0.258 e. The SMILES string of the molecule is CC1CCc2nc(NC(=O)c3csc4c3CCCC4)sc2C1. The Balaban J connectivity index is 1.54. The first-order chi connectivity index (χ1) is 10.7. The van der Waals surface area contributed by atoms with Gasteiger partial charge in [0.2, 0.25) is 0 Å². The Hall–Kier alpha value is -1.20. The number of anilines is 1. The summed E-state index contributed by atoms with van der Waals surface area (Å²) in [6.07, 6.45) is 8.01. The van der Waals surface area contributed by atoms with Gasteiger partial charge in [0.15, 0.2) is 5.13 Å². The summed E-state index contributed by atoms with van der Waals surface area (Å²) >= 11 is 3.40. The van der Waals surface area contributed by atoms with Crippen molar-refractivity contribution in [3.05, 3.63) is 32.0 Å². The second-order valence-electron chi connectivity index (χ2n) is 6.45. The molecule has 116 valence electrons. The van der Waals surface area contributed by atoms with E-state index in [1.165, 1.54) is 40.3 Å². The number of aryl methyl sites for hydroxylation is 2. The highest BCUT2D eigenvalue weighted by atomic mass is 32.1. The van der Waals surface area contributed by atoms with Crippen molar-refractivity contribution in [1.29, 1.82) is 0 Å². The Morgan fingerprint density at radius 2 is 2.14 bits per heavy atom. The summed E-state index contributed by atoms with van der Waals surface area (Å²) in [4.78, 5) is 20.0. The zero-order valence-electron chi connectivity index (χ0n) is 12.8. The Morgan fingerprint density at radius 1 is 1.27 bits per heavy atom. The second-order valence-corrected chi connectivity index (χ2v) is 8.50. The van der Waals surface area contributed by atoms with E-state index < -0.39 is 0 Å². The van der Waals surface area contributed by atoms with Gasteiger partial charge >= 0.3 is 0 Å². The summed E-state index contributed by atoms with van der Waals surface area (Å²) < 4.78 is 0. The lowest BCUT2D eigenvalue weighted by Crippen LogP contribution is -2.14. The van der Waals surface area contributed by atoms with Crippen LogP contribution in [0.4, 0.5) is 5.13 Å². The van der Waals surface area contributed by atoms with Crippen LogP contribution in [0.1, 0.15) is 57.6 Å². The van der Waals surface area contributed by atoms with Gasteiger partial charge in [-0.15, -0.1) is 22.7 Å². The van der Waals surface area contributed by atoms with Gasteiger partial charge in [-0.05, 0) is 56.4 Å². The first-order valence-electron chi connectivity index (χ1n) is 8.10. The fourth-order valence-electron chi connectivity index (χ4n) is 3.44. The van der Waals surface area contributed by atoms with Gasteiger partial charge in [-0.3, -0.25) is 10.1 Å². The molecule has 0 radical (unpaired) electrons. The van der Waals surface area contributed by atoms with Crippen LogP contribution >= 0.6 is 22.7 Å². The van der Waals surface area contributed by atoms with Crippen LogP contribution in [0.2, 0.25) is 0 Å². The number of amides is 1. The molecule has 22 heavy (non-hydrogen) atoms. The number of rotatable bonds is 2. The molecule has 0 saturated carbocycles. The zero-order chi connectivity index (χ0) is 15.1. The first-order valence-corrected chi connectivity index (χ1v) is 9.79. The molecule has 5 heteroatoms. The quantitative estimate of drug-likeness (QED) is 0.882. The molecule has 2 aromatic heterocycles. The molecule has 0 fully saturated rings. The molecule has 0 bridgehead atoms. The van der Waals surface area contributed by atoms with Gasteiger partial charge in [-0.2, -0.15) is 0 Å². The van der Waals surface area contributed by atoms with Crippen molar-refractivity contribution in [2.45, 2.75) is 51.9 Å². The number of carbonyl (C=O) groups is 1. The summed E-state index contributed by atoms with van der Waals surface area (Å²) in [7, 11) is 0. The number of carbonyl (C=O) groups excluding carboxylic acids is 1. The molecule has 2 aromatic rings. The fourth-order valence-corrected chi connectivity index (χ4v) is 5.73. The summed E-state index contributed by atoms with van der Waals surface area (Å²) in [5.74, 6) is 0.763. The summed E-state index contributed by atoms with van der Waals surface area (Å²) in [5.41, 5.74) is 3.36. The van der Waals surface area contributed by atoms with Crippen LogP contribution in [0.25, 0.3) is 0 Å². The molecule has 3 nitrogen and oxygen atoms in total. The number of hydrogen-bond donors (Lipinski definition) is 1. The second kappa shape index (κ2) is 5.78. The normalized spacial score (nSPS) is 20.3. The van der Waals surface area contributed by atoms with E-state index in [4.69, 9.17) is 0 Å². The van der Waals surface area contributed by atoms with Crippen LogP contribution < -0.4 is 5.32 Å². The molecule has 1 unspecified atom stereocenters. The predicted molar refractivity (Wildman–Crippen MR) is 92.2 cm³/mol. The maximum Gasteiger partial charge on any atom is 0.258 e. The van der Waals surface area contributed by atoms with Gasteiger partial charge in [0.25, 0.3) is 5.91 Å². The first kappa shape index (κ1) is 14.4. The summed E-state index contributed by atoms with van der Waals surface area (Å²) in [5, 5.41) is 5.85. The van der Waals surface area contributed by atoms with Gasteiger partial charge < -0.3 is 0 Å². The minimum absolute atomic E-state index is 0.0264. The van der Waals surface area contributed by atoms with Crippen LogP contribution in [-0.2, 0) is 25.7 Å². The monoisotopic (exact) mass is 332 g/mol.